The molecule has 1 aliphatic heterocycles. The molecular formula is C19H20F2N4O3S. The number of hydrogen-bond donors (Lipinski definition) is 1. The number of nitrogens with zero attached hydrogens (tertiary/aromatic N) is 3. The van der Waals surface area contributed by atoms with Gasteiger partial charge < -0.3 is 14.5 Å². The van der Waals surface area contributed by atoms with Crippen LogP contribution in [-0.2, 0) is 9.84 Å². The van der Waals surface area contributed by atoms with E-state index in [9.17, 15) is 17.2 Å². The van der Waals surface area contributed by atoms with Crippen LogP contribution in [0, 0.1) is 0 Å². The van der Waals surface area contributed by atoms with Crippen molar-refractivity contribution in [2.24, 2.45) is 0 Å². The van der Waals surface area contributed by atoms with Crippen LogP contribution >= 0.6 is 0 Å². The highest BCUT2D eigenvalue weighted by Gasteiger charge is 2.25. The lowest BCUT2D eigenvalue weighted by Gasteiger charge is -2.34. The third kappa shape index (κ3) is 3.90. The van der Waals surface area contributed by atoms with Crippen molar-refractivity contribution < 1.29 is 21.9 Å². The number of likely N-dealkylation sites (N-methyl/N-ethyl adjacent to an activating group) is 1. The molecule has 1 N–H and O–H groups in total. The zero-order chi connectivity index (χ0) is 20.6. The van der Waals surface area contributed by atoms with Crippen molar-refractivity contribution in [3.8, 4) is 5.75 Å². The van der Waals surface area contributed by atoms with E-state index in [1.807, 2.05) is 6.07 Å². The number of rotatable bonds is 5. The van der Waals surface area contributed by atoms with Gasteiger partial charge in [-0.2, -0.15) is 13.9 Å². The fraction of sp³-hybridized carbons (Fsp3) is 0.316. The highest BCUT2D eigenvalue weighted by Crippen LogP contribution is 2.31. The maximum Gasteiger partial charge on any atom is 0.387 e. The van der Waals surface area contributed by atoms with Gasteiger partial charge in [-0.1, -0.05) is 6.07 Å². The molecule has 154 valence electrons. The lowest BCUT2D eigenvalue weighted by Crippen LogP contribution is -2.44. The Hall–Kier alpha value is -2.72. The second kappa shape index (κ2) is 7.60. The monoisotopic (exact) mass is 422 g/mol. The molecule has 0 bridgehead atoms. The second-order valence-electron chi connectivity index (χ2n) is 6.90. The van der Waals surface area contributed by atoms with Gasteiger partial charge in [0.15, 0.2) is 5.03 Å². The van der Waals surface area contributed by atoms with E-state index in [-0.39, 0.29) is 15.7 Å². The Morgan fingerprint density at radius 2 is 1.86 bits per heavy atom. The minimum Gasteiger partial charge on any atom is -0.435 e. The van der Waals surface area contributed by atoms with Crippen molar-refractivity contribution in [2.45, 2.75) is 16.5 Å². The Bertz CT molecular complexity index is 1130. The molecule has 3 aromatic rings. The molecule has 0 aliphatic carbocycles. The number of alkyl halides is 2. The van der Waals surface area contributed by atoms with Gasteiger partial charge in [0.2, 0.25) is 9.84 Å². The van der Waals surface area contributed by atoms with Gasteiger partial charge >= 0.3 is 6.61 Å². The molecule has 1 aromatic heterocycles. The number of benzene rings is 2. The van der Waals surface area contributed by atoms with E-state index in [2.05, 4.69) is 31.8 Å². The number of ether oxygens (including phenoxy) is 1. The molecule has 29 heavy (non-hydrogen) atoms. The van der Waals surface area contributed by atoms with Crippen molar-refractivity contribution in [2.75, 3.05) is 38.1 Å². The van der Waals surface area contributed by atoms with E-state index in [1.54, 1.807) is 12.1 Å². The fourth-order valence-corrected chi connectivity index (χ4v) is 4.76. The van der Waals surface area contributed by atoms with Crippen molar-refractivity contribution in [3.05, 3.63) is 42.5 Å². The van der Waals surface area contributed by atoms with Gasteiger partial charge in [-0.3, -0.25) is 5.10 Å². The van der Waals surface area contributed by atoms with Crippen molar-refractivity contribution >= 4 is 26.4 Å². The topological polar surface area (TPSA) is 78.5 Å². The number of nitrogens with one attached hydrogen (secondary N) is 1. The molecule has 7 nitrogen and oxygen atoms in total. The Morgan fingerprint density at radius 1 is 1.10 bits per heavy atom. The molecule has 1 saturated heterocycles. The zero-order valence-electron chi connectivity index (χ0n) is 15.7. The Kier molecular flexibility index (Phi) is 5.13. The summed E-state index contributed by atoms with van der Waals surface area (Å²) in [5, 5.41) is 7.08. The van der Waals surface area contributed by atoms with Crippen LogP contribution in [-0.4, -0.2) is 63.4 Å². The number of aromatic nitrogens is 2. The lowest BCUT2D eigenvalue weighted by molar-refractivity contribution is -0.0499. The van der Waals surface area contributed by atoms with E-state index >= 15 is 0 Å². The highest BCUT2D eigenvalue weighted by atomic mass is 32.2. The van der Waals surface area contributed by atoms with Gasteiger partial charge in [0.1, 0.15) is 5.75 Å². The molecule has 1 fully saturated rings. The van der Waals surface area contributed by atoms with Crippen molar-refractivity contribution in [1.29, 1.82) is 0 Å². The minimum absolute atomic E-state index is 0.0716. The maximum atomic E-state index is 13.1. The average Bonchev–Trinajstić information content (AvgIpc) is 3.12. The van der Waals surface area contributed by atoms with Crippen LogP contribution in [0.2, 0.25) is 0 Å². The van der Waals surface area contributed by atoms with Crippen LogP contribution in [0.15, 0.2) is 52.4 Å². The van der Waals surface area contributed by atoms with E-state index in [0.29, 0.717) is 10.9 Å². The molecular weight excluding hydrogens is 402 g/mol. The predicted molar refractivity (Wildman–Crippen MR) is 104 cm³/mol. The van der Waals surface area contributed by atoms with Gasteiger partial charge in [-0.25, -0.2) is 8.42 Å². The van der Waals surface area contributed by atoms with Gasteiger partial charge in [0, 0.05) is 37.3 Å². The minimum atomic E-state index is -4.01. The SMILES string of the molecule is CN1CCN(c2ccc3n[nH]c(S(=O)(=O)c4cccc(OC(F)F)c4)c3c2)CC1. The lowest BCUT2D eigenvalue weighted by atomic mass is 10.2. The molecule has 0 saturated carbocycles. The first-order chi connectivity index (χ1) is 13.8. The molecule has 2 heterocycles. The number of fused-ring (bicyclic) bond motifs is 1. The highest BCUT2D eigenvalue weighted by molar-refractivity contribution is 7.91. The first-order valence-electron chi connectivity index (χ1n) is 9.06. The second-order valence-corrected chi connectivity index (χ2v) is 8.79. The van der Waals surface area contributed by atoms with Crippen molar-refractivity contribution in [3.63, 3.8) is 0 Å². The predicted octanol–water partition coefficient (Wildman–Crippen LogP) is 2.75. The smallest absolute Gasteiger partial charge is 0.387 e. The fourth-order valence-electron chi connectivity index (χ4n) is 3.38. The van der Waals surface area contributed by atoms with Gasteiger partial charge in [-0.05, 0) is 43.4 Å². The summed E-state index contributed by atoms with van der Waals surface area (Å²) in [5.74, 6) is -0.219. The summed E-state index contributed by atoms with van der Waals surface area (Å²) in [6.07, 6.45) is 0. The molecule has 0 atom stereocenters. The van der Waals surface area contributed by atoms with E-state index < -0.39 is 16.4 Å². The number of H-pyrrole nitrogens is 1. The number of halogens is 2. The number of anilines is 1. The molecule has 1 aliphatic rings. The van der Waals surface area contributed by atoms with Crippen LogP contribution < -0.4 is 9.64 Å². The van der Waals surface area contributed by atoms with Gasteiger partial charge in [0.05, 0.1) is 10.4 Å². The molecule has 2 aromatic carbocycles. The molecule has 0 spiro atoms. The van der Waals surface area contributed by atoms with Crippen molar-refractivity contribution in [1.82, 2.24) is 15.1 Å². The van der Waals surface area contributed by atoms with Crippen LogP contribution in [0.1, 0.15) is 0 Å². The number of sulfone groups is 1. The van der Waals surface area contributed by atoms with Crippen LogP contribution in [0.4, 0.5) is 14.5 Å². The Morgan fingerprint density at radius 3 is 2.59 bits per heavy atom. The van der Waals surface area contributed by atoms with Gasteiger partial charge in [-0.15, -0.1) is 0 Å². The maximum absolute atomic E-state index is 13.1. The number of aromatic amines is 1. The van der Waals surface area contributed by atoms with Crippen LogP contribution in [0.3, 0.4) is 0 Å². The van der Waals surface area contributed by atoms with E-state index in [4.69, 9.17) is 0 Å². The summed E-state index contributed by atoms with van der Waals surface area (Å²) in [5.41, 5.74) is 1.43. The third-order valence-corrected chi connectivity index (χ3v) is 6.70. The molecule has 4 rings (SSSR count). The average molecular weight is 422 g/mol. The summed E-state index contributed by atoms with van der Waals surface area (Å²) < 4.78 is 55.6. The molecule has 10 heteroatoms. The number of hydrogen-bond acceptors (Lipinski definition) is 6. The summed E-state index contributed by atoms with van der Waals surface area (Å²) in [6.45, 7) is 0.494. The molecule has 0 radical (unpaired) electrons. The molecule has 0 amide bonds. The standard InChI is InChI=1S/C19H20F2N4O3S/c1-24-7-9-25(10-8-24)13-5-6-17-16(11-13)18(23-22-17)29(26,27)15-4-2-3-14(12-15)28-19(20)21/h2-6,11-12,19H,7-10H2,1H3,(H,22,23). The molecule has 0 unspecified atom stereocenters. The third-order valence-electron chi connectivity index (χ3n) is 4.98. The summed E-state index contributed by atoms with van der Waals surface area (Å²) in [7, 11) is -1.94. The quantitative estimate of drug-likeness (QED) is 0.681. The summed E-state index contributed by atoms with van der Waals surface area (Å²) in [4.78, 5) is 4.28. The zero-order valence-corrected chi connectivity index (χ0v) is 16.5. The van der Waals surface area contributed by atoms with Crippen LogP contribution in [0.5, 0.6) is 5.75 Å². The Balaban J connectivity index is 1.72. The first-order valence-corrected chi connectivity index (χ1v) is 10.5. The normalized spacial score (nSPS) is 15.9. The Labute approximate surface area is 166 Å². The van der Waals surface area contributed by atoms with E-state index in [1.165, 1.54) is 18.2 Å². The van der Waals surface area contributed by atoms with Gasteiger partial charge in [0.25, 0.3) is 0 Å². The van der Waals surface area contributed by atoms with Crippen LogP contribution in [0.25, 0.3) is 10.9 Å². The first kappa shape index (κ1) is 19.6. The summed E-state index contributed by atoms with van der Waals surface area (Å²) >= 11 is 0. The largest absolute Gasteiger partial charge is 0.435 e. The number of piperazine rings is 1. The summed E-state index contributed by atoms with van der Waals surface area (Å²) in [6, 6.07) is 10.6. The van der Waals surface area contributed by atoms with E-state index in [0.717, 1.165) is 37.9 Å².